The molecule has 1 rings (SSSR count). The number of carbonyl (C=O) groups excluding carboxylic acids is 2. The van der Waals surface area contributed by atoms with Gasteiger partial charge in [-0.15, -0.1) is 0 Å². The summed E-state index contributed by atoms with van der Waals surface area (Å²) < 4.78 is 10.3. The first-order valence-corrected chi connectivity index (χ1v) is 7.68. The summed E-state index contributed by atoms with van der Waals surface area (Å²) in [5.41, 5.74) is 2.53. The molecular formula is C17H26N2O4. The second-order valence-electron chi connectivity index (χ2n) is 6.26. The maximum atomic E-state index is 12.4. The predicted octanol–water partition coefficient (Wildman–Crippen LogP) is 3.82. The van der Waals surface area contributed by atoms with E-state index in [2.05, 4.69) is 5.43 Å². The SMILES string of the molecule is CC(C)OC(=O)NN(C(=O)OC(C)C)C(C)(C)c1ccccc1. The van der Waals surface area contributed by atoms with Gasteiger partial charge in [0.25, 0.3) is 0 Å². The number of amides is 2. The number of hydrogen-bond acceptors (Lipinski definition) is 4. The normalized spacial score (nSPS) is 11.3. The van der Waals surface area contributed by atoms with Gasteiger partial charge in [0.15, 0.2) is 0 Å². The van der Waals surface area contributed by atoms with Gasteiger partial charge >= 0.3 is 12.2 Å². The summed E-state index contributed by atoms with van der Waals surface area (Å²) in [4.78, 5) is 24.4. The van der Waals surface area contributed by atoms with Crippen molar-refractivity contribution in [1.29, 1.82) is 0 Å². The molecule has 23 heavy (non-hydrogen) atoms. The molecule has 1 aromatic rings. The molecule has 0 unspecified atom stereocenters. The zero-order chi connectivity index (χ0) is 17.6. The van der Waals surface area contributed by atoms with Crippen LogP contribution in [0.1, 0.15) is 47.1 Å². The zero-order valence-corrected chi connectivity index (χ0v) is 14.6. The number of nitrogens with one attached hydrogen (secondary N) is 1. The van der Waals surface area contributed by atoms with E-state index in [4.69, 9.17) is 9.47 Å². The summed E-state index contributed by atoms with van der Waals surface area (Å²) in [5, 5.41) is 1.16. The second kappa shape index (κ2) is 7.85. The minimum Gasteiger partial charge on any atom is -0.446 e. The van der Waals surface area contributed by atoms with Gasteiger partial charge in [-0.2, -0.15) is 0 Å². The lowest BCUT2D eigenvalue weighted by atomic mass is 9.94. The Hall–Kier alpha value is -2.24. The van der Waals surface area contributed by atoms with Crippen LogP contribution >= 0.6 is 0 Å². The molecule has 0 bridgehead atoms. The van der Waals surface area contributed by atoms with Crippen molar-refractivity contribution in [2.24, 2.45) is 0 Å². The van der Waals surface area contributed by atoms with Crippen LogP contribution in [0.5, 0.6) is 0 Å². The van der Waals surface area contributed by atoms with Crippen LogP contribution in [0, 0.1) is 0 Å². The fourth-order valence-electron chi connectivity index (χ4n) is 1.97. The highest BCUT2D eigenvalue weighted by molar-refractivity contribution is 5.75. The molecule has 0 atom stereocenters. The lowest BCUT2D eigenvalue weighted by Crippen LogP contribution is -2.56. The van der Waals surface area contributed by atoms with Crippen LogP contribution in [0.3, 0.4) is 0 Å². The maximum absolute atomic E-state index is 12.4. The summed E-state index contributed by atoms with van der Waals surface area (Å²) in [7, 11) is 0. The molecule has 1 aromatic carbocycles. The van der Waals surface area contributed by atoms with Crippen LogP contribution in [0.25, 0.3) is 0 Å². The minimum absolute atomic E-state index is 0.294. The van der Waals surface area contributed by atoms with Gasteiger partial charge in [0.05, 0.1) is 17.7 Å². The van der Waals surface area contributed by atoms with Gasteiger partial charge < -0.3 is 9.47 Å². The smallest absolute Gasteiger partial charge is 0.429 e. The Morgan fingerprint density at radius 3 is 2.00 bits per heavy atom. The molecule has 0 fully saturated rings. The third-order valence-corrected chi connectivity index (χ3v) is 3.10. The molecule has 0 saturated heterocycles. The molecule has 0 aliphatic heterocycles. The van der Waals surface area contributed by atoms with Crippen molar-refractivity contribution in [3.05, 3.63) is 35.9 Å². The lowest BCUT2D eigenvalue weighted by Gasteiger charge is -2.37. The lowest BCUT2D eigenvalue weighted by molar-refractivity contribution is 0.00832. The molecule has 0 aliphatic carbocycles. The molecule has 2 amide bonds. The fraction of sp³-hybridized carbons (Fsp3) is 0.529. The van der Waals surface area contributed by atoms with Gasteiger partial charge in [0.2, 0.25) is 0 Å². The number of hydrogen-bond donors (Lipinski definition) is 1. The summed E-state index contributed by atoms with van der Waals surface area (Å²) >= 11 is 0. The molecule has 1 N–H and O–H groups in total. The van der Waals surface area contributed by atoms with Gasteiger partial charge in [-0.05, 0) is 47.1 Å². The van der Waals surface area contributed by atoms with Gasteiger partial charge in [0.1, 0.15) is 0 Å². The quantitative estimate of drug-likeness (QED) is 0.856. The molecule has 0 aliphatic rings. The van der Waals surface area contributed by atoms with E-state index in [0.29, 0.717) is 0 Å². The summed E-state index contributed by atoms with van der Waals surface area (Å²) in [6.07, 6.45) is -1.95. The molecule has 6 heteroatoms. The van der Waals surface area contributed by atoms with E-state index in [1.54, 1.807) is 27.7 Å². The average molecular weight is 322 g/mol. The van der Waals surface area contributed by atoms with Crippen molar-refractivity contribution < 1.29 is 19.1 Å². The van der Waals surface area contributed by atoms with E-state index in [0.717, 1.165) is 10.6 Å². The van der Waals surface area contributed by atoms with Gasteiger partial charge in [-0.25, -0.2) is 20.0 Å². The Morgan fingerprint density at radius 1 is 1.00 bits per heavy atom. The zero-order valence-electron chi connectivity index (χ0n) is 14.6. The van der Waals surface area contributed by atoms with E-state index in [-0.39, 0.29) is 12.2 Å². The third kappa shape index (κ3) is 5.47. The minimum atomic E-state index is -0.816. The highest BCUT2D eigenvalue weighted by Gasteiger charge is 2.36. The van der Waals surface area contributed by atoms with Gasteiger partial charge in [-0.3, -0.25) is 0 Å². The summed E-state index contributed by atoms with van der Waals surface area (Å²) in [5.74, 6) is 0. The molecule has 0 saturated carbocycles. The third-order valence-electron chi connectivity index (χ3n) is 3.10. The van der Waals surface area contributed by atoms with E-state index >= 15 is 0 Å². The monoisotopic (exact) mass is 322 g/mol. The number of benzene rings is 1. The van der Waals surface area contributed by atoms with Crippen molar-refractivity contribution >= 4 is 12.2 Å². The first-order chi connectivity index (χ1) is 10.6. The number of rotatable bonds is 4. The van der Waals surface area contributed by atoms with Crippen molar-refractivity contribution in [3.8, 4) is 0 Å². The first kappa shape index (κ1) is 18.8. The van der Waals surface area contributed by atoms with Crippen LogP contribution in [-0.4, -0.2) is 29.4 Å². The summed E-state index contributed by atoms with van der Waals surface area (Å²) in [6, 6.07) is 9.39. The number of hydrazine groups is 1. The van der Waals surface area contributed by atoms with E-state index in [9.17, 15) is 9.59 Å². The topological polar surface area (TPSA) is 67.9 Å². The van der Waals surface area contributed by atoms with Crippen molar-refractivity contribution in [2.45, 2.75) is 59.3 Å². The predicted molar refractivity (Wildman–Crippen MR) is 87.7 cm³/mol. The number of ether oxygens (including phenoxy) is 2. The largest absolute Gasteiger partial charge is 0.446 e. The Kier molecular flexibility index (Phi) is 6.42. The van der Waals surface area contributed by atoms with Crippen LogP contribution in [0.4, 0.5) is 9.59 Å². The standard InChI is InChI=1S/C17H26N2O4/c1-12(2)22-15(20)18-19(16(21)23-13(3)4)17(5,6)14-10-8-7-9-11-14/h7-13H,1-6H3,(H,18,20). The van der Waals surface area contributed by atoms with Crippen LogP contribution in [0.2, 0.25) is 0 Å². The first-order valence-electron chi connectivity index (χ1n) is 7.68. The molecule has 6 nitrogen and oxygen atoms in total. The Morgan fingerprint density at radius 2 is 1.52 bits per heavy atom. The fourth-order valence-corrected chi connectivity index (χ4v) is 1.97. The Labute approximate surface area is 137 Å². The maximum Gasteiger partial charge on any atom is 0.429 e. The van der Waals surface area contributed by atoms with Crippen molar-refractivity contribution in [2.75, 3.05) is 0 Å². The van der Waals surface area contributed by atoms with Crippen LogP contribution < -0.4 is 5.43 Å². The number of nitrogens with zero attached hydrogens (tertiary/aromatic N) is 1. The molecule has 0 spiro atoms. The van der Waals surface area contributed by atoms with Gasteiger partial charge in [0, 0.05) is 0 Å². The Balaban J connectivity index is 3.07. The molecule has 0 radical (unpaired) electrons. The highest BCUT2D eigenvalue weighted by Crippen LogP contribution is 2.27. The van der Waals surface area contributed by atoms with Crippen molar-refractivity contribution in [1.82, 2.24) is 10.4 Å². The van der Waals surface area contributed by atoms with E-state index < -0.39 is 17.7 Å². The molecule has 128 valence electrons. The Bertz CT molecular complexity index is 527. The average Bonchev–Trinajstić information content (AvgIpc) is 2.44. The molecular weight excluding hydrogens is 296 g/mol. The van der Waals surface area contributed by atoms with Gasteiger partial charge in [-0.1, -0.05) is 30.3 Å². The highest BCUT2D eigenvalue weighted by atomic mass is 16.6. The number of carbonyl (C=O) groups is 2. The van der Waals surface area contributed by atoms with E-state index in [1.807, 2.05) is 44.2 Å². The van der Waals surface area contributed by atoms with Crippen molar-refractivity contribution in [3.63, 3.8) is 0 Å². The summed E-state index contributed by atoms with van der Waals surface area (Å²) in [6.45, 7) is 10.6. The van der Waals surface area contributed by atoms with E-state index in [1.165, 1.54) is 0 Å². The van der Waals surface area contributed by atoms with Crippen LogP contribution in [0.15, 0.2) is 30.3 Å². The molecule has 0 aromatic heterocycles. The molecule has 0 heterocycles. The second-order valence-corrected chi connectivity index (χ2v) is 6.26. The van der Waals surface area contributed by atoms with Crippen LogP contribution in [-0.2, 0) is 15.0 Å².